The van der Waals surface area contributed by atoms with Crippen molar-refractivity contribution >= 4 is 30.0 Å². The molecule has 7 nitrogen and oxygen atoms in total. The first kappa shape index (κ1) is 21.6. The Kier molecular flexibility index (Phi) is 6.21. The molecule has 0 aliphatic rings. The van der Waals surface area contributed by atoms with Gasteiger partial charge in [0.2, 0.25) is 0 Å². The number of aromatic nitrogens is 2. The molecule has 8 heteroatoms. The molecule has 1 atom stereocenters. The molecule has 0 fully saturated rings. The molecule has 0 amide bonds. The number of ether oxygens (including phenoxy) is 1. The third-order valence-corrected chi connectivity index (χ3v) is 6.48. The average molecular weight is 446 g/mol. The normalized spacial score (nSPS) is 12.6. The van der Waals surface area contributed by atoms with Crippen LogP contribution in [-0.4, -0.2) is 22.0 Å². The number of aryl methyl sites for hydroxylation is 1. The summed E-state index contributed by atoms with van der Waals surface area (Å²) in [4.78, 5) is 19.2. The molecule has 3 N–H and O–H groups in total. The van der Waals surface area contributed by atoms with E-state index in [1.807, 2.05) is 49.4 Å². The van der Waals surface area contributed by atoms with Crippen molar-refractivity contribution in [2.75, 3.05) is 17.5 Å². The van der Waals surface area contributed by atoms with Crippen LogP contribution in [0.3, 0.4) is 0 Å². The van der Waals surface area contributed by atoms with Gasteiger partial charge in [-0.3, -0.25) is 4.57 Å². The first-order valence-electron chi connectivity index (χ1n) is 9.96. The zero-order valence-corrected chi connectivity index (χ0v) is 18.6. The highest BCUT2D eigenvalue weighted by Gasteiger charge is 2.21. The number of hydrogen-bond acceptors (Lipinski definition) is 5. The number of nitrogens with zero attached hydrogens (tertiary/aromatic N) is 2. The van der Waals surface area contributed by atoms with E-state index in [9.17, 15) is 9.46 Å². The molecule has 3 aromatic carbocycles. The molecule has 0 bridgehead atoms. The van der Waals surface area contributed by atoms with E-state index in [1.165, 1.54) is 6.33 Å². The van der Waals surface area contributed by atoms with Crippen LogP contribution in [0.25, 0.3) is 11.3 Å². The third-order valence-electron chi connectivity index (χ3n) is 4.94. The van der Waals surface area contributed by atoms with Gasteiger partial charge in [-0.15, -0.1) is 0 Å². The van der Waals surface area contributed by atoms with Gasteiger partial charge in [0, 0.05) is 23.0 Å². The Morgan fingerprint density at radius 2 is 1.69 bits per heavy atom. The SMILES string of the molecule is COc1ccccc1-c1cc(Nc2ccc(C)c(NP(=O)(O)c3ccccc3)c2)ncn1. The van der Waals surface area contributed by atoms with Crippen molar-refractivity contribution in [1.82, 2.24) is 9.97 Å². The lowest BCUT2D eigenvalue weighted by Gasteiger charge is -2.17. The molecule has 0 saturated carbocycles. The van der Waals surface area contributed by atoms with Gasteiger partial charge in [0.25, 0.3) is 0 Å². The Morgan fingerprint density at radius 3 is 2.47 bits per heavy atom. The summed E-state index contributed by atoms with van der Waals surface area (Å²) in [5.74, 6) is 1.31. The molecule has 1 heterocycles. The number of nitrogens with one attached hydrogen (secondary N) is 2. The first-order chi connectivity index (χ1) is 15.5. The number of para-hydroxylation sites is 1. The van der Waals surface area contributed by atoms with Crippen LogP contribution in [-0.2, 0) is 4.57 Å². The van der Waals surface area contributed by atoms with Gasteiger partial charge in [-0.25, -0.2) is 9.97 Å². The van der Waals surface area contributed by atoms with Gasteiger partial charge in [0.1, 0.15) is 17.9 Å². The Morgan fingerprint density at radius 1 is 0.938 bits per heavy atom. The highest BCUT2D eigenvalue weighted by molar-refractivity contribution is 7.67. The van der Waals surface area contributed by atoms with E-state index in [0.717, 1.165) is 22.6 Å². The highest BCUT2D eigenvalue weighted by atomic mass is 31.2. The molecule has 0 saturated heterocycles. The van der Waals surface area contributed by atoms with Crippen LogP contribution in [0.2, 0.25) is 0 Å². The summed E-state index contributed by atoms with van der Waals surface area (Å²) in [6.07, 6.45) is 1.48. The van der Waals surface area contributed by atoms with Crippen molar-refractivity contribution in [3.63, 3.8) is 0 Å². The summed E-state index contributed by atoms with van der Waals surface area (Å²) >= 11 is 0. The van der Waals surface area contributed by atoms with Gasteiger partial charge in [-0.1, -0.05) is 36.4 Å². The van der Waals surface area contributed by atoms with E-state index >= 15 is 0 Å². The Hall–Kier alpha value is -3.67. The summed E-state index contributed by atoms with van der Waals surface area (Å²) in [5, 5.41) is 6.39. The molecule has 0 aliphatic heterocycles. The number of anilines is 3. The smallest absolute Gasteiger partial charge is 0.321 e. The topological polar surface area (TPSA) is 96.4 Å². The highest BCUT2D eigenvalue weighted by Crippen LogP contribution is 2.41. The maximum atomic E-state index is 12.9. The van der Waals surface area contributed by atoms with Gasteiger partial charge in [0.15, 0.2) is 0 Å². The lowest BCUT2D eigenvalue weighted by atomic mass is 10.1. The van der Waals surface area contributed by atoms with Crippen molar-refractivity contribution in [2.24, 2.45) is 0 Å². The summed E-state index contributed by atoms with van der Waals surface area (Å²) < 4.78 is 18.3. The molecular weight excluding hydrogens is 423 g/mol. The second kappa shape index (κ2) is 9.22. The average Bonchev–Trinajstić information content (AvgIpc) is 2.82. The van der Waals surface area contributed by atoms with Crippen molar-refractivity contribution in [3.8, 4) is 17.0 Å². The third kappa shape index (κ3) is 4.80. The van der Waals surface area contributed by atoms with Crippen molar-refractivity contribution < 1.29 is 14.2 Å². The molecule has 162 valence electrons. The summed E-state index contributed by atoms with van der Waals surface area (Å²) in [7, 11) is -2.15. The predicted molar refractivity (Wildman–Crippen MR) is 128 cm³/mol. The Balaban J connectivity index is 1.59. The summed E-state index contributed by atoms with van der Waals surface area (Å²) in [6.45, 7) is 1.88. The molecular formula is C24H23N4O3P. The van der Waals surface area contributed by atoms with Gasteiger partial charge >= 0.3 is 7.52 Å². The zero-order valence-electron chi connectivity index (χ0n) is 17.7. The Labute approximate surface area is 186 Å². The number of benzene rings is 3. The standard InChI is InChI=1S/C24H23N4O3P/c1-17-12-13-18(14-21(17)28-32(29,30)19-8-4-3-5-9-19)27-24-15-22(25-16-26-24)20-10-6-7-11-23(20)31-2/h3-16H,1-2H3,(H,25,26,27)(H2,28,29,30). The van der Waals surface area contributed by atoms with Crippen LogP contribution < -0.4 is 20.4 Å². The monoisotopic (exact) mass is 446 g/mol. The molecule has 32 heavy (non-hydrogen) atoms. The van der Waals surface area contributed by atoms with Gasteiger partial charge < -0.3 is 20.0 Å². The predicted octanol–water partition coefficient (Wildman–Crippen LogP) is 5.13. The minimum absolute atomic E-state index is 0.343. The minimum Gasteiger partial charge on any atom is -0.496 e. The van der Waals surface area contributed by atoms with E-state index in [-0.39, 0.29) is 0 Å². The molecule has 0 radical (unpaired) electrons. The van der Waals surface area contributed by atoms with Crippen molar-refractivity contribution in [3.05, 3.63) is 90.8 Å². The second-order valence-corrected chi connectivity index (χ2v) is 9.06. The van der Waals surface area contributed by atoms with E-state index < -0.39 is 7.52 Å². The van der Waals surface area contributed by atoms with Crippen LogP contribution in [0.15, 0.2) is 85.2 Å². The quantitative estimate of drug-likeness (QED) is 0.339. The number of hydrogen-bond donors (Lipinski definition) is 3. The second-order valence-electron chi connectivity index (χ2n) is 7.17. The van der Waals surface area contributed by atoms with Crippen LogP contribution in [0.1, 0.15) is 5.56 Å². The first-order valence-corrected chi connectivity index (χ1v) is 11.6. The molecule has 4 rings (SSSR count). The van der Waals surface area contributed by atoms with Crippen LogP contribution >= 0.6 is 7.52 Å². The van der Waals surface area contributed by atoms with Gasteiger partial charge in [-0.2, -0.15) is 0 Å². The fraction of sp³-hybridized carbons (Fsp3) is 0.0833. The largest absolute Gasteiger partial charge is 0.496 e. The van der Waals surface area contributed by atoms with Crippen molar-refractivity contribution in [2.45, 2.75) is 6.92 Å². The summed E-state index contributed by atoms with van der Waals surface area (Å²) in [6, 6.07) is 23.5. The molecule has 1 unspecified atom stereocenters. The van der Waals surface area contributed by atoms with E-state index in [4.69, 9.17) is 4.74 Å². The molecule has 0 spiro atoms. The maximum Gasteiger partial charge on any atom is 0.321 e. The van der Waals surface area contributed by atoms with Gasteiger partial charge in [0.05, 0.1) is 18.1 Å². The Bertz CT molecular complexity index is 1280. The van der Waals surface area contributed by atoms with E-state index in [1.54, 1.807) is 43.5 Å². The molecule has 0 aliphatic carbocycles. The lowest BCUT2D eigenvalue weighted by molar-refractivity contribution is 0.416. The van der Waals surface area contributed by atoms with Gasteiger partial charge in [-0.05, 0) is 48.9 Å². The van der Waals surface area contributed by atoms with Crippen LogP contribution in [0.4, 0.5) is 17.2 Å². The fourth-order valence-electron chi connectivity index (χ4n) is 3.26. The van der Waals surface area contributed by atoms with Crippen LogP contribution in [0.5, 0.6) is 5.75 Å². The van der Waals surface area contributed by atoms with E-state index in [0.29, 0.717) is 22.5 Å². The van der Waals surface area contributed by atoms with Crippen LogP contribution in [0, 0.1) is 6.92 Å². The van der Waals surface area contributed by atoms with Crippen molar-refractivity contribution in [1.29, 1.82) is 0 Å². The van der Waals surface area contributed by atoms with E-state index in [2.05, 4.69) is 20.4 Å². The number of methoxy groups -OCH3 is 1. The maximum absolute atomic E-state index is 12.9. The zero-order chi connectivity index (χ0) is 22.6. The fourth-order valence-corrected chi connectivity index (χ4v) is 4.53. The number of rotatable bonds is 7. The molecule has 1 aromatic heterocycles. The summed E-state index contributed by atoms with van der Waals surface area (Å²) in [5.41, 5.74) is 3.70. The minimum atomic E-state index is -3.77. The molecule has 4 aromatic rings. The lowest BCUT2D eigenvalue weighted by Crippen LogP contribution is -2.11.